The first-order valence-electron chi connectivity index (χ1n) is 7.54. The smallest absolute Gasteiger partial charge is 0.421 e. The van der Waals surface area contributed by atoms with E-state index in [1.54, 1.807) is 18.2 Å². The second-order valence-corrected chi connectivity index (χ2v) is 6.90. The van der Waals surface area contributed by atoms with Crippen molar-refractivity contribution in [3.05, 3.63) is 66.2 Å². The van der Waals surface area contributed by atoms with Crippen molar-refractivity contribution in [3.8, 4) is 0 Å². The number of ether oxygens (including phenoxy) is 1. The van der Waals surface area contributed by atoms with E-state index in [4.69, 9.17) is 10.5 Å². The van der Waals surface area contributed by atoms with Crippen molar-refractivity contribution < 1.29 is 17.9 Å². The second-order valence-electron chi connectivity index (χ2n) is 5.21. The van der Waals surface area contributed by atoms with Crippen LogP contribution < -0.4 is 10.5 Å². The van der Waals surface area contributed by atoms with Gasteiger partial charge in [0.1, 0.15) is 0 Å². The van der Waals surface area contributed by atoms with Gasteiger partial charge in [-0.2, -0.15) is 0 Å². The third-order valence-electron chi connectivity index (χ3n) is 3.39. The number of nitrogens with two attached hydrogens (primary N) is 1. The summed E-state index contributed by atoms with van der Waals surface area (Å²) in [6, 6.07) is 17.1. The number of sulfonamides is 1. The van der Waals surface area contributed by atoms with Crippen molar-refractivity contribution >= 4 is 16.1 Å². The molecule has 0 aromatic heterocycles. The number of carbonyl (C=O) groups excluding carboxylic acids is 1. The zero-order valence-corrected chi connectivity index (χ0v) is 13.9. The molecule has 0 bridgehead atoms. The molecule has 0 fully saturated rings. The van der Waals surface area contributed by atoms with Crippen LogP contribution in [0.1, 0.15) is 24.4 Å². The summed E-state index contributed by atoms with van der Waals surface area (Å²) >= 11 is 0. The van der Waals surface area contributed by atoms with Gasteiger partial charge in [-0.15, -0.1) is 0 Å². The van der Waals surface area contributed by atoms with Crippen LogP contribution in [0.15, 0.2) is 65.6 Å². The van der Waals surface area contributed by atoms with Gasteiger partial charge in [0.05, 0.1) is 11.5 Å². The maximum absolute atomic E-state index is 11.9. The first kappa shape index (κ1) is 18.0. The molecule has 0 aliphatic rings. The fourth-order valence-corrected chi connectivity index (χ4v) is 3.04. The lowest BCUT2D eigenvalue weighted by Gasteiger charge is -2.12. The molecule has 3 N–H and O–H groups in total. The van der Waals surface area contributed by atoms with E-state index in [0.717, 1.165) is 5.56 Å². The normalized spacial score (nSPS) is 12.4. The monoisotopic (exact) mass is 348 g/mol. The van der Waals surface area contributed by atoms with Crippen molar-refractivity contribution in [2.24, 2.45) is 5.73 Å². The lowest BCUT2D eigenvalue weighted by atomic mass is 10.0. The summed E-state index contributed by atoms with van der Waals surface area (Å²) in [5.41, 5.74) is 7.05. The van der Waals surface area contributed by atoms with E-state index in [0.29, 0.717) is 12.8 Å². The highest BCUT2D eigenvalue weighted by Gasteiger charge is 2.17. The number of carbonyl (C=O) groups is 1. The van der Waals surface area contributed by atoms with Crippen LogP contribution in [0.4, 0.5) is 4.79 Å². The number of hydrogen-bond donors (Lipinski definition) is 2. The van der Waals surface area contributed by atoms with Crippen molar-refractivity contribution in [2.45, 2.75) is 23.8 Å². The minimum atomic E-state index is -3.91. The number of hydrogen-bond acceptors (Lipinski definition) is 5. The fraction of sp³-hybridized carbons (Fsp3) is 0.235. The van der Waals surface area contributed by atoms with Gasteiger partial charge in [0.15, 0.2) is 0 Å². The molecule has 128 valence electrons. The molecule has 0 saturated heterocycles. The van der Waals surface area contributed by atoms with E-state index in [1.165, 1.54) is 12.1 Å². The quantitative estimate of drug-likeness (QED) is 0.749. The van der Waals surface area contributed by atoms with Gasteiger partial charge in [-0.05, 0) is 30.5 Å². The fourth-order valence-electron chi connectivity index (χ4n) is 2.13. The van der Waals surface area contributed by atoms with Crippen LogP contribution in [0.5, 0.6) is 0 Å². The molecule has 7 heteroatoms. The summed E-state index contributed by atoms with van der Waals surface area (Å²) in [7, 11) is -3.91. The van der Waals surface area contributed by atoms with Gasteiger partial charge in [0.2, 0.25) is 0 Å². The molecular weight excluding hydrogens is 328 g/mol. The molecule has 2 rings (SSSR count). The van der Waals surface area contributed by atoms with Gasteiger partial charge in [-0.1, -0.05) is 48.5 Å². The molecule has 6 nitrogen and oxygen atoms in total. The molecule has 24 heavy (non-hydrogen) atoms. The Bertz CT molecular complexity index is 749. The van der Waals surface area contributed by atoms with Crippen LogP contribution in [0, 0.1) is 0 Å². The maximum Gasteiger partial charge on any atom is 0.421 e. The standard InChI is InChI=1S/C17H20N2O4S/c18-16(14-8-3-1-4-9-14)12-7-13-23-17(20)19-24(21,22)15-10-5-2-6-11-15/h1-6,8-11,16H,7,12-13,18H2,(H,19,20)/t16-/m0/s1. The van der Waals surface area contributed by atoms with Crippen LogP contribution in [-0.2, 0) is 14.8 Å². The van der Waals surface area contributed by atoms with Gasteiger partial charge in [0, 0.05) is 6.04 Å². The first-order valence-corrected chi connectivity index (χ1v) is 9.02. The topological polar surface area (TPSA) is 98.5 Å². The molecule has 0 heterocycles. The number of rotatable bonds is 7. The minimum absolute atomic E-state index is 0.00745. The highest BCUT2D eigenvalue weighted by molar-refractivity contribution is 7.90. The minimum Gasteiger partial charge on any atom is -0.449 e. The first-order chi connectivity index (χ1) is 11.5. The third-order valence-corrected chi connectivity index (χ3v) is 4.72. The number of benzene rings is 2. The van der Waals surface area contributed by atoms with Crippen LogP contribution >= 0.6 is 0 Å². The average molecular weight is 348 g/mol. The SMILES string of the molecule is N[C@@H](CCCOC(=O)NS(=O)(=O)c1ccccc1)c1ccccc1. The van der Waals surface area contributed by atoms with Crippen LogP contribution in [0.3, 0.4) is 0 Å². The summed E-state index contributed by atoms with van der Waals surface area (Å²) in [4.78, 5) is 11.6. The van der Waals surface area contributed by atoms with Gasteiger partial charge in [-0.3, -0.25) is 0 Å². The summed E-state index contributed by atoms with van der Waals surface area (Å²) < 4.78 is 30.6. The average Bonchev–Trinajstić information content (AvgIpc) is 2.59. The van der Waals surface area contributed by atoms with Crippen LogP contribution in [-0.4, -0.2) is 21.1 Å². The van der Waals surface area contributed by atoms with Crippen LogP contribution in [0.25, 0.3) is 0 Å². The summed E-state index contributed by atoms with van der Waals surface area (Å²) in [5.74, 6) is 0. The maximum atomic E-state index is 11.9. The molecule has 0 radical (unpaired) electrons. The molecule has 2 aromatic carbocycles. The Morgan fingerprint density at radius 2 is 1.62 bits per heavy atom. The van der Waals surface area contributed by atoms with E-state index in [9.17, 15) is 13.2 Å². The molecule has 0 saturated carbocycles. The highest BCUT2D eigenvalue weighted by Crippen LogP contribution is 2.15. The highest BCUT2D eigenvalue weighted by atomic mass is 32.2. The zero-order valence-electron chi connectivity index (χ0n) is 13.1. The molecular formula is C17H20N2O4S. The number of amides is 1. The van der Waals surface area contributed by atoms with Gasteiger partial charge in [0.25, 0.3) is 10.0 Å². The van der Waals surface area contributed by atoms with E-state index in [2.05, 4.69) is 0 Å². The Morgan fingerprint density at radius 3 is 2.25 bits per heavy atom. The second kappa shape index (κ2) is 8.47. The molecule has 1 amide bonds. The number of nitrogens with one attached hydrogen (secondary N) is 1. The Hall–Kier alpha value is -2.38. The summed E-state index contributed by atoms with van der Waals surface area (Å²) in [6.07, 6.45) is 0.171. The Kier molecular flexibility index (Phi) is 6.34. The largest absolute Gasteiger partial charge is 0.449 e. The Morgan fingerprint density at radius 1 is 1.04 bits per heavy atom. The Balaban J connectivity index is 1.74. The van der Waals surface area contributed by atoms with Crippen molar-refractivity contribution in [2.75, 3.05) is 6.61 Å². The van der Waals surface area contributed by atoms with Crippen molar-refractivity contribution in [3.63, 3.8) is 0 Å². The predicted octanol–water partition coefficient (Wildman–Crippen LogP) is 2.58. The van der Waals surface area contributed by atoms with E-state index >= 15 is 0 Å². The van der Waals surface area contributed by atoms with Crippen molar-refractivity contribution in [1.29, 1.82) is 0 Å². The van der Waals surface area contributed by atoms with E-state index in [-0.39, 0.29) is 17.5 Å². The molecule has 1 atom stereocenters. The van der Waals surface area contributed by atoms with Crippen molar-refractivity contribution in [1.82, 2.24) is 4.72 Å². The van der Waals surface area contributed by atoms with E-state index < -0.39 is 16.1 Å². The third kappa shape index (κ3) is 5.36. The van der Waals surface area contributed by atoms with Gasteiger partial charge >= 0.3 is 6.09 Å². The van der Waals surface area contributed by atoms with Crippen LogP contribution in [0.2, 0.25) is 0 Å². The summed E-state index contributed by atoms with van der Waals surface area (Å²) in [5, 5.41) is 0. The molecule has 0 spiro atoms. The zero-order chi connectivity index (χ0) is 17.4. The predicted molar refractivity (Wildman–Crippen MR) is 90.7 cm³/mol. The summed E-state index contributed by atoms with van der Waals surface area (Å²) in [6.45, 7) is 0.0939. The lowest BCUT2D eigenvalue weighted by molar-refractivity contribution is 0.149. The van der Waals surface area contributed by atoms with E-state index in [1.807, 2.05) is 35.1 Å². The van der Waals surface area contributed by atoms with Gasteiger partial charge < -0.3 is 10.5 Å². The molecule has 0 aliphatic heterocycles. The molecule has 2 aromatic rings. The molecule has 0 unspecified atom stereocenters. The Labute approximate surface area is 141 Å². The molecule has 0 aliphatic carbocycles. The lowest BCUT2D eigenvalue weighted by Crippen LogP contribution is -2.31. The van der Waals surface area contributed by atoms with Gasteiger partial charge in [-0.25, -0.2) is 17.9 Å².